The van der Waals surface area contributed by atoms with E-state index in [9.17, 15) is 14.4 Å². The van der Waals surface area contributed by atoms with E-state index in [1.54, 1.807) is 11.8 Å². The second-order valence-electron chi connectivity index (χ2n) is 9.71. The SMILES string of the molecule is CC(C(=O)O)C1CN(C(=O)C[C@H](NC(=O)OCC2c3ccccc3-c3ccccc32)C(C)C)C1. The lowest BCUT2D eigenvalue weighted by molar-refractivity contribution is -0.150. The molecule has 2 N–H and O–H groups in total. The summed E-state index contributed by atoms with van der Waals surface area (Å²) in [5.41, 5.74) is 4.63. The summed E-state index contributed by atoms with van der Waals surface area (Å²) in [7, 11) is 0. The Hall–Kier alpha value is -3.35. The van der Waals surface area contributed by atoms with E-state index in [0.29, 0.717) is 13.1 Å². The summed E-state index contributed by atoms with van der Waals surface area (Å²) in [6.45, 7) is 6.69. The van der Waals surface area contributed by atoms with E-state index in [1.807, 2.05) is 38.1 Å². The van der Waals surface area contributed by atoms with Gasteiger partial charge in [-0.1, -0.05) is 69.3 Å². The average Bonchev–Trinajstić information content (AvgIpc) is 3.09. The fraction of sp³-hybridized carbons (Fsp3) is 0.444. The number of carboxylic acids is 1. The molecule has 1 saturated heterocycles. The maximum atomic E-state index is 12.7. The summed E-state index contributed by atoms with van der Waals surface area (Å²) in [5, 5.41) is 12.0. The molecule has 1 unspecified atom stereocenters. The lowest BCUT2D eigenvalue weighted by atomic mass is 9.86. The van der Waals surface area contributed by atoms with Crippen LogP contribution < -0.4 is 5.32 Å². The number of hydrogen-bond acceptors (Lipinski definition) is 4. The van der Waals surface area contributed by atoms with Gasteiger partial charge in [-0.05, 0) is 28.2 Å². The maximum Gasteiger partial charge on any atom is 0.407 e. The number of nitrogens with one attached hydrogen (secondary N) is 1. The molecule has 7 nitrogen and oxygen atoms in total. The van der Waals surface area contributed by atoms with E-state index >= 15 is 0 Å². The van der Waals surface area contributed by atoms with Crippen molar-refractivity contribution in [3.8, 4) is 11.1 Å². The number of hydrogen-bond donors (Lipinski definition) is 2. The second kappa shape index (κ2) is 9.87. The van der Waals surface area contributed by atoms with E-state index in [1.165, 1.54) is 11.1 Å². The number of nitrogens with zero attached hydrogens (tertiary/aromatic N) is 1. The zero-order chi connectivity index (χ0) is 24.4. The number of alkyl carbamates (subject to hydrolysis) is 1. The van der Waals surface area contributed by atoms with Crippen LogP contribution in [0.15, 0.2) is 48.5 Å². The third-order valence-electron chi connectivity index (χ3n) is 7.21. The van der Waals surface area contributed by atoms with Gasteiger partial charge in [-0.2, -0.15) is 0 Å². The molecule has 2 aliphatic rings. The molecule has 2 atom stereocenters. The maximum absolute atomic E-state index is 12.7. The van der Waals surface area contributed by atoms with Gasteiger partial charge in [0.25, 0.3) is 0 Å². The van der Waals surface area contributed by atoms with Crippen molar-refractivity contribution >= 4 is 18.0 Å². The molecule has 0 aromatic heterocycles. The zero-order valence-electron chi connectivity index (χ0n) is 19.9. The molecule has 34 heavy (non-hydrogen) atoms. The van der Waals surface area contributed by atoms with Gasteiger partial charge in [0.15, 0.2) is 0 Å². The molecule has 2 aromatic rings. The molecule has 1 aliphatic carbocycles. The van der Waals surface area contributed by atoms with Crippen LogP contribution in [0.4, 0.5) is 4.79 Å². The highest BCUT2D eigenvalue weighted by molar-refractivity contribution is 5.80. The van der Waals surface area contributed by atoms with Crippen LogP contribution in [0.25, 0.3) is 11.1 Å². The van der Waals surface area contributed by atoms with Crippen LogP contribution in [0.5, 0.6) is 0 Å². The van der Waals surface area contributed by atoms with Crippen molar-refractivity contribution in [2.75, 3.05) is 19.7 Å². The van der Waals surface area contributed by atoms with Crippen molar-refractivity contribution < 1.29 is 24.2 Å². The summed E-state index contributed by atoms with van der Waals surface area (Å²) in [5.74, 6) is -1.38. The monoisotopic (exact) mass is 464 g/mol. The number of rotatable bonds is 8. The minimum atomic E-state index is -0.839. The molecule has 7 heteroatoms. The fourth-order valence-electron chi connectivity index (χ4n) is 4.80. The number of fused-ring (bicyclic) bond motifs is 3. The van der Waals surface area contributed by atoms with Gasteiger partial charge in [0.2, 0.25) is 5.91 Å². The van der Waals surface area contributed by atoms with Crippen LogP contribution in [-0.2, 0) is 14.3 Å². The Morgan fingerprint density at radius 3 is 2.09 bits per heavy atom. The Morgan fingerprint density at radius 2 is 1.56 bits per heavy atom. The first-order valence-electron chi connectivity index (χ1n) is 11.9. The average molecular weight is 465 g/mol. The molecule has 2 aromatic carbocycles. The molecular weight excluding hydrogens is 432 g/mol. The van der Waals surface area contributed by atoms with Gasteiger partial charge in [-0.25, -0.2) is 4.79 Å². The number of amides is 2. The highest BCUT2D eigenvalue weighted by Crippen LogP contribution is 2.44. The largest absolute Gasteiger partial charge is 0.481 e. The first-order valence-corrected chi connectivity index (χ1v) is 11.9. The molecule has 0 bridgehead atoms. The Bertz CT molecular complexity index is 1030. The first-order chi connectivity index (χ1) is 16.3. The topological polar surface area (TPSA) is 95.9 Å². The standard InChI is InChI=1S/C27H32N2O5/c1-16(2)24(12-25(30)29-13-18(14-29)17(3)26(31)32)28-27(33)34-15-23-21-10-6-4-8-19(21)20-9-5-7-11-22(20)23/h4-11,16-18,23-24H,12-15H2,1-3H3,(H,28,33)(H,31,32)/t17?,24-/m0/s1. The van der Waals surface area contributed by atoms with Gasteiger partial charge in [0, 0.05) is 37.4 Å². The summed E-state index contributed by atoms with van der Waals surface area (Å²) in [6.07, 6.45) is -0.370. The number of carboxylic acid groups (broad SMARTS) is 1. The quantitative estimate of drug-likeness (QED) is 0.613. The normalized spacial score (nSPS) is 16.9. The van der Waals surface area contributed by atoms with Crippen LogP contribution in [0.3, 0.4) is 0 Å². The lowest BCUT2D eigenvalue weighted by Crippen LogP contribution is -2.55. The minimum absolute atomic E-state index is 0.0194. The number of aliphatic carboxylic acids is 1. The smallest absolute Gasteiger partial charge is 0.407 e. The van der Waals surface area contributed by atoms with Crippen LogP contribution in [0.2, 0.25) is 0 Å². The molecule has 0 spiro atoms. The summed E-state index contributed by atoms with van der Waals surface area (Å²) >= 11 is 0. The highest BCUT2D eigenvalue weighted by Gasteiger charge is 2.38. The Balaban J connectivity index is 1.32. The highest BCUT2D eigenvalue weighted by atomic mass is 16.5. The Kier molecular flexibility index (Phi) is 6.91. The molecule has 2 amide bonds. The van der Waals surface area contributed by atoms with Gasteiger partial charge in [0.05, 0.1) is 5.92 Å². The molecule has 180 valence electrons. The van der Waals surface area contributed by atoms with Crippen LogP contribution in [-0.4, -0.2) is 53.7 Å². The van der Waals surface area contributed by atoms with Crippen LogP contribution >= 0.6 is 0 Å². The lowest BCUT2D eigenvalue weighted by Gasteiger charge is -2.42. The third-order valence-corrected chi connectivity index (χ3v) is 7.21. The van der Waals surface area contributed by atoms with Gasteiger partial charge < -0.3 is 20.1 Å². The van der Waals surface area contributed by atoms with Crippen LogP contribution in [0, 0.1) is 17.8 Å². The predicted molar refractivity (Wildman–Crippen MR) is 128 cm³/mol. The van der Waals surface area contributed by atoms with Crippen molar-refractivity contribution in [3.05, 3.63) is 59.7 Å². The summed E-state index contributed by atoms with van der Waals surface area (Å²) < 4.78 is 5.64. The molecule has 1 fully saturated rings. The van der Waals surface area contributed by atoms with Gasteiger partial charge in [0.1, 0.15) is 6.61 Å². The number of likely N-dealkylation sites (tertiary alicyclic amines) is 1. The number of carbonyl (C=O) groups excluding carboxylic acids is 2. The van der Waals surface area contributed by atoms with Gasteiger partial charge in [-0.3, -0.25) is 9.59 Å². The molecule has 0 radical (unpaired) electrons. The molecule has 4 rings (SSSR count). The van der Waals surface area contributed by atoms with E-state index in [2.05, 4.69) is 29.6 Å². The third kappa shape index (κ3) is 4.79. The van der Waals surface area contributed by atoms with Crippen molar-refractivity contribution in [2.24, 2.45) is 17.8 Å². The Labute approximate surface area is 200 Å². The summed E-state index contributed by atoms with van der Waals surface area (Å²) in [4.78, 5) is 38.1. The Morgan fingerprint density at radius 1 is 1.00 bits per heavy atom. The number of benzene rings is 2. The van der Waals surface area contributed by atoms with Crippen molar-refractivity contribution in [1.29, 1.82) is 0 Å². The first kappa shape index (κ1) is 23.8. The fourth-order valence-corrected chi connectivity index (χ4v) is 4.80. The molecule has 0 saturated carbocycles. The molecule has 1 aliphatic heterocycles. The summed E-state index contributed by atoms with van der Waals surface area (Å²) in [6, 6.07) is 16.0. The van der Waals surface area contributed by atoms with E-state index in [-0.39, 0.29) is 42.7 Å². The number of ether oxygens (including phenoxy) is 1. The van der Waals surface area contributed by atoms with Crippen molar-refractivity contribution in [3.63, 3.8) is 0 Å². The van der Waals surface area contributed by atoms with Gasteiger partial charge in [-0.15, -0.1) is 0 Å². The van der Waals surface area contributed by atoms with Crippen molar-refractivity contribution in [2.45, 2.75) is 39.2 Å². The molecular formula is C27H32N2O5. The zero-order valence-corrected chi connectivity index (χ0v) is 19.9. The second-order valence-corrected chi connectivity index (χ2v) is 9.71. The van der Waals surface area contributed by atoms with Gasteiger partial charge >= 0.3 is 12.1 Å². The van der Waals surface area contributed by atoms with E-state index < -0.39 is 18.0 Å². The number of carbonyl (C=O) groups is 3. The van der Waals surface area contributed by atoms with Crippen molar-refractivity contribution in [1.82, 2.24) is 10.2 Å². The van der Waals surface area contributed by atoms with Crippen LogP contribution in [0.1, 0.15) is 44.2 Å². The van der Waals surface area contributed by atoms with E-state index in [0.717, 1.165) is 11.1 Å². The molecule has 1 heterocycles. The minimum Gasteiger partial charge on any atom is -0.481 e. The van der Waals surface area contributed by atoms with E-state index in [4.69, 9.17) is 9.84 Å². The predicted octanol–water partition coefficient (Wildman–Crippen LogP) is 4.12.